The largest absolute Gasteiger partial charge is 0.344 e. The first-order valence-electron chi connectivity index (χ1n) is 6.51. The van der Waals surface area contributed by atoms with Gasteiger partial charge in [-0.1, -0.05) is 43.3 Å². The minimum Gasteiger partial charge on any atom is -0.344 e. The van der Waals surface area contributed by atoms with Crippen molar-refractivity contribution in [2.45, 2.75) is 26.3 Å². The Morgan fingerprint density at radius 3 is 2.53 bits per heavy atom. The molecule has 1 aromatic heterocycles. The summed E-state index contributed by atoms with van der Waals surface area (Å²) in [5.74, 6) is -0.140. The van der Waals surface area contributed by atoms with Gasteiger partial charge in [0.15, 0.2) is 0 Å². The lowest BCUT2D eigenvalue weighted by Crippen LogP contribution is -2.27. The summed E-state index contributed by atoms with van der Waals surface area (Å²) in [6.07, 6.45) is 2.68. The predicted octanol–water partition coefficient (Wildman–Crippen LogP) is 3.14. The molecule has 0 radical (unpaired) electrons. The van der Waals surface area contributed by atoms with E-state index in [1.54, 1.807) is 12.3 Å². The number of pyridine rings is 1. The molecule has 2 rings (SSSR count). The van der Waals surface area contributed by atoms with E-state index in [9.17, 15) is 4.79 Å². The Morgan fingerprint density at radius 1 is 1.21 bits per heavy atom. The van der Waals surface area contributed by atoms with Crippen LogP contribution in [0.3, 0.4) is 0 Å². The zero-order valence-corrected chi connectivity index (χ0v) is 11.3. The van der Waals surface area contributed by atoms with Crippen molar-refractivity contribution in [3.05, 3.63) is 65.5 Å². The summed E-state index contributed by atoms with van der Waals surface area (Å²) in [6.45, 7) is 4.03. The molecule has 0 aliphatic rings. The summed E-state index contributed by atoms with van der Waals surface area (Å²) in [7, 11) is 0. The van der Waals surface area contributed by atoms with E-state index in [-0.39, 0.29) is 11.9 Å². The number of rotatable bonds is 4. The molecule has 98 valence electrons. The molecule has 1 aromatic carbocycles. The van der Waals surface area contributed by atoms with Crippen LogP contribution in [0.4, 0.5) is 0 Å². The lowest BCUT2D eigenvalue weighted by Gasteiger charge is -2.13. The topological polar surface area (TPSA) is 42.0 Å². The van der Waals surface area contributed by atoms with E-state index in [4.69, 9.17) is 0 Å². The van der Waals surface area contributed by atoms with Crippen LogP contribution in [-0.2, 0) is 6.42 Å². The third-order valence-electron chi connectivity index (χ3n) is 3.11. The van der Waals surface area contributed by atoms with E-state index >= 15 is 0 Å². The summed E-state index contributed by atoms with van der Waals surface area (Å²) in [4.78, 5) is 16.2. The second-order valence-electron chi connectivity index (χ2n) is 4.51. The fourth-order valence-corrected chi connectivity index (χ4v) is 1.86. The first-order valence-corrected chi connectivity index (χ1v) is 6.51. The number of benzene rings is 1. The van der Waals surface area contributed by atoms with Gasteiger partial charge in [0.25, 0.3) is 5.91 Å². The maximum absolute atomic E-state index is 12.1. The van der Waals surface area contributed by atoms with E-state index < -0.39 is 0 Å². The average Bonchev–Trinajstić information content (AvgIpc) is 2.48. The molecule has 0 saturated heterocycles. The van der Waals surface area contributed by atoms with Gasteiger partial charge in [-0.05, 0) is 30.5 Å². The third kappa shape index (κ3) is 3.41. The Balaban J connectivity index is 2.04. The number of hydrogen-bond acceptors (Lipinski definition) is 2. The highest BCUT2D eigenvalue weighted by Crippen LogP contribution is 2.12. The summed E-state index contributed by atoms with van der Waals surface area (Å²) >= 11 is 0. The first kappa shape index (κ1) is 13.3. The Labute approximate surface area is 113 Å². The van der Waals surface area contributed by atoms with Crippen molar-refractivity contribution in [2.24, 2.45) is 0 Å². The van der Waals surface area contributed by atoms with E-state index in [2.05, 4.69) is 17.2 Å². The Morgan fingerprint density at radius 2 is 1.95 bits per heavy atom. The van der Waals surface area contributed by atoms with E-state index in [0.717, 1.165) is 17.5 Å². The quantitative estimate of drug-likeness (QED) is 0.910. The molecule has 19 heavy (non-hydrogen) atoms. The number of carbonyl (C=O) groups is 1. The molecular weight excluding hydrogens is 236 g/mol. The van der Waals surface area contributed by atoms with Gasteiger partial charge in [0, 0.05) is 6.20 Å². The molecule has 0 saturated carbocycles. The van der Waals surface area contributed by atoms with E-state index in [1.165, 1.54) is 0 Å². The zero-order valence-electron chi connectivity index (χ0n) is 11.3. The van der Waals surface area contributed by atoms with Gasteiger partial charge in [-0.3, -0.25) is 9.78 Å². The molecule has 0 aliphatic heterocycles. The van der Waals surface area contributed by atoms with Crippen LogP contribution >= 0.6 is 0 Å². The summed E-state index contributed by atoms with van der Waals surface area (Å²) in [6, 6.07) is 13.6. The van der Waals surface area contributed by atoms with Crippen LogP contribution in [0.25, 0.3) is 0 Å². The highest BCUT2D eigenvalue weighted by molar-refractivity contribution is 5.92. The van der Waals surface area contributed by atoms with Crippen LogP contribution in [-0.4, -0.2) is 10.9 Å². The van der Waals surface area contributed by atoms with Gasteiger partial charge in [0.1, 0.15) is 5.69 Å². The molecule has 0 aliphatic carbocycles. The van der Waals surface area contributed by atoms with Gasteiger partial charge in [0.05, 0.1) is 6.04 Å². The van der Waals surface area contributed by atoms with Gasteiger partial charge in [0.2, 0.25) is 0 Å². The average molecular weight is 254 g/mol. The van der Waals surface area contributed by atoms with Crippen molar-refractivity contribution in [3.63, 3.8) is 0 Å². The number of nitrogens with one attached hydrogen (secondary N) is 1. The molecule has 0 fully saturated rings. The van der Waals surface area contributed by atoms with Gasteiger partial charge in [-0.25, -0.2) is 0 Å². The zero-order chi connectivity index (χ0) is 13.7. The van der Waals surface area contributed by atoms with E-state index in [0.29, 0.717) is 5.69 Å². The summed E-state index contributed by atoms with van der Waals surface area (Å²) in [5, 5.41) is 2.95. The molecule has 3 nitrogen and oxygen atoms in total. The molecule has 0 unspecified atom stereocenters. The molecule has 1 heterocycles. The molecule has 3 heteroatoms. The molecule has 0 spiro atoms. The van der Waals surface area contributed by atoms with Gasteiger partial charge in [-0.15, -0.1) is 0 Å². The van der Waals surface area contributed by atoms with Gasteiger partial charge < -0.3 is 5.32 Å². The van der Waals surface area contributed by atoms with Crippen LogP contribution in [0, 0.1) is 0 Å². The lowest BCUT2D eigenvalue weighted by atomic mass is 10.1. The fourth-order valence-electron chi connectivity index (χ4n) is 1.86. The van der Waals surface area contributed by atoms with Crippen molar-refractivity contribution >= 4 is 5.91 Å². The monoisotopic (exact) mass is 254 g/mol. The van der Waals surface area contributed by atoms with Crippen LogP contribution < -0.4 is 5.32 Å². The Hall–Kier alpha value is -2.16. The number of aromatic nitrogens is 1. The summed E-state index contributed by atoms with van der Waals surface area (Å²) < 4.78 is 0. The van der Waals surface area contributed by atoms with Crippen LogP contribution in [0.5, 0.6) is 0 Å². The minimum atomic E-state index is -0.140. The highest BCUT2D eigenvalue weighted by atomic mass is 16.1. The number of aryl methyl sites for hydroxylation is 1. The second-order valence-corrected chi connectivity index (χ2v) is 4.51. The fraction of sp³-hybridized carbons (Fsp3) is 0.250. The van der Waals surface area contributed by atoms with Crippen molar-refractivity contribution in [1.29, 1.82) is 0 Å². The molecule has 1 amide bonds. The summed E-state index contributed by atoms with van der Waals surface area (Å²) in [5.41, 5.74) is 2.67. The van der Waals surface area contributed by atoms with Crippen LogP contribution in [0.1, 0.15) is 41.5 Å². The number of carbonyl (C=O) groups excluding carboxylic acids is 1. The molecular formula is C16H18N2O. The van der Waals surface area contributed by atoms with Crippen LogP contribution in [0.2, 0.25) is 0 Å². The van der Waals surface area contributed by atoms with Crippen molar-refractivity contribution < 1.29 is 4.79 Å². The highest BCUT2D eigenvalue weighted by Gasteiger charge is 2.11. The number of hydrogen-bond donors (Lipinski definition) is 1. The predicted molar refractivity (Wildman–Crippen MR) is 75.9 cm³/mol. The minimum absolute atomic E-state index is 0.0265. The Bertz CT molecular complexity index is 534. The van der Waals surface area contributed by atoms with Crippen LogP contribution in [0.15, 0.2) is 48.7 Å². The standard InChI is InChI=1S/C16H18N2O/c1-3-13-9-10-15(17-11-13)16(19)18-12(2)14-7-5-4-6-8-14/h4-12H,3H2,1-2H3,(H,18,19)/t12-/m0/s1. The number of nitrogens with zero attached hydrogens (tertiary/aromatic N) is 1. The maximum atomic E-state index is 12.1. The molecule has 1 atom stereocenters. The third-order valence-corrected chi connectivity index (χ3v) is 3.11. The first-order chi connectivity index (χ1) is 9.20. The molecule has 1 N–H and O–H groups in total. The number of amides is 1. The molecule has 0 bridgehead atoms. The van der Waals surface area contributed by atoms with Crippen molar-refractivity contribution in [2.75, 3.05) is 0 Å². The van der Waals surface area contributed by atoms with Gasteiger partial charge in [-0.2, -0.15) is 0 Å². The van der Waals surface area contributed by atoms with Crippen molar-refractivity contribution in [1.82, 2.24) is 10.3 Å². The van der Waals surface area contributed by atoms with Crippen molar-refractivity contribution in [3.8, 4) is 0 Å². The molecule has 2 aromatic rings. The SMILES string of the molecule is CCc1ccc(C(=O)N[C@@H](C)c2ccccc2)nc1. The van der Waals surface area contributed by atoms with E-state index in [1.807, 2.05) is 43.3 Å². The Kier molecular flexibility index (Phi) is 4.29. The lowest BCUT2D eigenvalue weighted by molar-refractivity contribution is 0.0935. The second kappa shape index (κ2) is 6.14. The van der Waals surface area contributed by atoms with Gasteiger partial charge >= 0.3 is 0 Å². The normalized spacial score (nSPS) is 11.9. The smallest absolute Gasteiger partial charge is 0.270 e. The maximum Gasteiger partial charge on any atom is 0.270 e.